The Bertz CT molecular complexity index is 1570. The Balaban J connectivity index is 1.32. The molecule has 0 aliphatic carbocycles. The van der Waals surface area contributed by atoms with E-state index in [1.807, 2.05) is 30.3 Å². The molecule has 13 heteroatoms. The van der Waals surface area contributed by atoms with E-state index in [0.29, 0.717) is 30.8 Å². The quantitative estimate of drug-likeness (QED) is 0.259. The normalized spacial score (nSPS) is 19.1. The molecule has 1 saturated heterocycles. The molecular weight excluding hydrogens is 586 g/mol. The molecule has 0 saturated carbocycles. The van der Waals surface area contributed by atoms with Crippen LogP contribution in [-0.4, -0.2) is 45.0 Å². The minimum atomic E-state index is -1.22. The Morgan fingerprint density at radius 3 is 2.71 bits per heavy atom. The predicted molar refractivity (Wildman–Crippen MR) is 154 cm³/mol. The number of nitrogens with zero attached hydrogens (tertiary/aromatic N) is 1. The number of hydrogen-bond donors (Lipinski definition) is 3. The molecule has 5 rings (SSSR count). The first-order chi connectivity index (χ1) is 18.3. The number of benzene rings is 1. The fourth-order valence-corrected chi connectivity index (χ4v) is 9.48. The van der Waals surface area contributed by atoms with Gasteiger partial charge in [0.05, 0.1) is 24.4 Å². The average Bonchev–Trinajstić information content (AvgIpc) is 3.28. The van der Waals surface area contributed by atoms with Crippen LogP contribution in [0.25, 0.3) is 9.40 Å². The molecule has 4 N–H and O–H groups in total. The first-order valence-corrected chi connectivity index (χ1v) is 15.2. The lowest BCUT2D eigenvalue weighted by molar-refractivity contribution is -0.150. The van der Waals surface area contributed by atoms with Crippen molar-refractivity contribution in [3.63, 3.8) is 0 Å². The van der Waals surface area contributed by atoms with Crippen molar-refractivity contribution in [2.24, 2.45) is 5.73 Å². The summed E-state index contributed by atoms with van der Waals surface area (Å²) < 4.78 is 2.02. The zero-order valence-corrected chi connectivity index (χ0v) is 23.5. The van der Waals surface area contributed by atoms with Crippen LogP contribution in [0.4, 0.5) is 0 Å². The first kappa shape index (κ1) is 27.0. The fourth-order valence-electron chi connectivity index (χ4n) is 4.21. The van der Waals surface area contributed by atoms with E-state index in [2.05, 4.69) is 5.32 Å². The van der Waals surface area contributed by atoms with Gasteiger partial charge in [-0.15, -0.1) is 34.4 Å². The second-order valence-corrected chi connectivity index (χ2v) is 13.6. The third-order valence-electron chi connectivity index (χ3n) is 5.99. The van der Waals surface area contributed by atoms with E-state index >= 15 is 0 Å². The van der Waals surface area contributed by atoms with Gasteiger partial charge in [0.2, 0.25) is 5.91 Å². The molecule has 2 aliphatic heterocycles. The van der Waals surface area contributed by atoms with E-state index in [1.54, 1.807) is 17.6 Å². The Morgan fingerprint density at radius 1 is 1.24 bits per heavy atom. The summed E-state index contributed by atoms with van der Waals surface area (Å²) in [6, 6.07) is 10.0. The first-order valence-electron chi connectivity index (χ1n) is 11.3. The maximum Gasteiger partial charge on any atom is 0.352 e. The molecule has 1 fully saturated rings. The molecule has 1 aromatic carbocycles. The Kier molecular flexibility index (Phi) is 7.98. The van der Waals surface area contributed by atoms with E-state index in [0.717, 1.165) is 9.58 Å². The SMILES string of the molecule is NCc1c(S/C=C/C2=C(C(=O)O)N3C(=O)C(NC(=O)Cc4ccccc4)[C@H]3SC2)sc2sc(Cl)cc2c1=O. The van der Waals surface area contributed by atoms with Crippen LogP contribution in [0.5, 0.6) is 0 Å². The summed E-state index contributed by atoms with van der Waals surface area (Å²) in [7, 11) is 0. The number of carboxylic acids is 1. The number of aliphatic carboxylic acids is 1. The van der Waals surface area contributed by atoms with Crippen molar-refractivity contribution in [3.8, 4) is 0 Å². The predicted octanol–water partition coefficient (Wildman–Crippen LogP) is 4.02. The Hall–Kier alpha value is -2.61. The smallest absolute Gasteiger partial charge is 0.352 e. The van der Waals surface area contributed by atoms with Crippen LogP contribution in [-0.2, 0) is 27.3 Å². The summed E-state index contributed by atoms with van der Waals surface area (Å²) in [6.07, 6.45) is 1.78. The molecular formula is C25H20ClN3O5S4. The number of amides is 2. The maximum atomic E-state index is 12.9. The standard InChI is InChI=1S/C25H20ClN3O5S4/c26-16-9-14-20(31)15(10-27)24(38-25(14)37-16)35-7-6-13-11-36-22-18(21(32)29(22)19(13)23(33)34)28-17(30)8-12-4-2-1-3-5-12/h1-7,9,18,22H,8,10-11,27H2,(H,28,30)(H,33,34)/b7-6+/t18?,22-/m1/s1. The van der Waals surface area contributed by atoms with Gasteiger partial charge in [0.15, 0.2) is 5.43 Å². The van der Waals surface area contributed by atoms with E-state index < -0.39 is 23.3 Å². The number of allylic oxidation sites excluding steroid dienone is 1. The van der Waals surface area contributed by atoms with Crippen molar-refractivity contribution in [1.82, 2.24) is 10.2 Å². The van der Waals surface area contributed by atoms with Gasteiger partial charge in [-0.2, -0.15) is 0 Å². The molecule has 2 aliphatic rings. The van der Waals surface area contributed by atoms with Gasteiger partial charge in [-0.1, -0.05) is 53.7 Å². The number of fused-ring (bicyclic) bond motifs is 2. The van der Waals surface area contributed by atoms with Gasteiger partial charge in [-0.25, -0.2) is 4.79 Å². The zero-order chi connectivity index (χ0) is 27.0. The highest BCUT2D eigenvalue weighted by atomic mass is 35.5. The molecule has 4 heterocycles. The minimum Gasteiger partial charge on any atom is -0.477 e. The molecule has 3 aromatic rings. The second-order valence-electron chi connectivity index (χ2n) is 8.37. The highest BCUT2D eigenvalue weighted by molar-refractivity contribution is 8.04. The van der Waals surface area contributed by atoms with Crippen LogP contribution in [0.3, 0.4) is 0 Å². The number of rotatable bonds is 8. The monoisotopic (exact) mass is 605 g/mol. The average molecular weight is 606 g/mol. The molecule has 38 heavy (non-hydrogen) atoms. The van der Waals surface area contributed by atoms with Crippen molar-refractivity contribution < 1.29 is 19.5 Å². The van der Waals surface area contributed by atoms with Crippen LogP contribution in [0.15, 0.2) is 68.2 Å². The second kappa shape index (κ2) is 11.2. The van der Waals surface area contributed by atoms with Gasteiger partial charge < -0.3 is 16.2 Å². The Labute approximate surface area is 238 Å². The van der Waals surface area contributed by atoms with Gasteiger partial charge in [0.1, 0.15) is 17.1 Å². The van der Waals surface area contributed by atoms with Gasteiger partial charge in [-0.3, -0.25) is 19.3 Å². The van der Waals surface area contributed by atoms with Crippen LogP contribution in [0.1, 0.15) is 11.1 Å². The van der Waals surface area contributed by atoms with Gasteiger partial charge in [0, 0.05) is 17.9 Å². The molecule has 8 nitrogen and oxygen atoms in total. The maximum absolute atomic E-state index is 12.9. The third kappa shape index (κ3) is 5.16. The van der Waals surface area contributed by atoms with E-state index in [1.165, 1.54) is 51.1 Å². The number of thiophene rings is 1. The van der Waals surface area contributed by atoms with Gasteiger partial charge >= 0.3 is 5.97 Å². The van der Waals surface area contributed by atoms with Gasteiger partial charge in [0.25, 0.3) is 5.91 Å². The number of thioether (sulfide) groups is 2. The van der Waals surface area contributed by atoms with E-state index in [9.17, 15) is 24.3 Å². The third-order valence-corrected chi connectivity index (χ3v) is 11.0. The Morgan fingerprint density at radius 2 is 2.00 bits per heavy atom. The lowest BCUT2D eigenvalue weighted by atomic mass is 10.0. The lowest BCUT2D eigenvalue weighted by Crippen LogP contribution is -2.70. The molecule has 196 valence electrons. The summed E-state index contributed by atoms with van der Waals surface area (Å²) in [4.78, 5) is 51.6. The highest BCUT2D eigenvalue weighted by Gasteiger charge is 2.53. The van der Waals surface area contributed by atoms with E-state index in [-0.39, 0.29) is 30.0 Å². The van der Waals surface area contributed by atoms with Gasteiger partial charge in [-0.05, 0) is 28.7 Å². The number of carbonyl (C=O) groups excluding carboxylic acids is 2. The molecule has 2 aromatic heterocycles. The number of carbonyl (C=O) groups is 3. The molecule has 0 spiro atoms. The number of hydrogen-bond acceptors (Lipinski definition) is 9. The van der Waals surface area contributed by atoms with Crippen LogP contribution in [0.2, 0.25) is 4.34 Å². The van der Waals surface area contributed by atoms with Crippen molar-refractivity contribution in [2.75, 3.05) is 5.75 Å². The topological polar surface area (TPSA) is 130 Å². The summed E-state index contributed by atoms with van der Waals surface area (Å²) in [5.74, 6) is -1.62. The molecule has 0 bridgehead atoms. The van der Waals surface area contributed by atoms with Crippen molar-refractivity contribution in [1.29, 1.82) is 0 Å². The van der Waals surface area contributed by atoms with Crippen molar-refractivity contribution in [3.05, 3.63) is 84.8 Å². The summed E-state index contributed by atoms with van der Waals surface area (Å²) >= 11 is 11.5. The summed E-state index contributed by atoms with van der Waals surface area (Å²) in [5, 5.41) is 14.4. The van der Waals surface area contributed by atoms with Crippen LogP contribution in [0, 0.1) is 0 Å². The number of halogens is 1. The number of β-lactam (4-membered cyclic amide) rings is 1. The summed E-state index contributed by atoms with van der Waals surface area (Å²) in [6.45, 7) is 0.0647. The van der Waals surface area contributed by atoms with Crippen LogP contribution < -0.4 is 16.5 Å². The van der Waals surface area contributed by atoms with Crippen molar-refractivity contribution >= 4 is 85.0 Å². The highest BCUT2D eigenvalue weighted by Crippen LogP contribution is 2.42. The zero-order valence-electron chi connectivity index (χ0n) is 19.5. The molecule has 0 radical (unpaired) electrons. The minimum absolute atomic E-state index is 0.0647. The molecule has 2 atom stereocenters. The largest absolute Gasteiger partial charge is 0.477 e. The fraction of sp³-hybridized carbons (Fsp3) is 0.200. The van der Waals surface area contributed by atoms with Crippen molar-refractivity contribution in [2.45, 2.75) is 28.6 Å². The van der Waals surface area contributed by atoms with Crippen LogP contribution >= 0.6 is 57.8 Å². The summed E-state index contributed by atoms with van der Waals surface area (Å²) in [5.41, 5.74) is 7.36. The number of nitrogens with two attached hydrogens (primary N) is 1. The molecule has 1 unspecified atom stereocenters. The number of nitrogens with one attached hydrogen (secondary N) is 1. The molecule has 2 amide bonds. The number of carboxylic acid groups (broad SMARTS) is 1. The lowest BCUT2D eigenvalue weighted by Gasteiger charge is -2.49. The van der Waals surface area contributed by atoms with E-state index in [4.69, 9.17) is 17.3 Å².